The first-order valence-electron chi connectivity index (χ1n) is 19.8. The molecule has 0 aliphatic carbocycles. The molecule has 2 fully saturated rings. The van der Waals surface area contributed by atoms with Crippen molar-refractivity contribution in [1.82, 2.24) is 30.8 Å². The predicted molar refractivity (Wildman–Crippen MR) is 205 cm³/mol. The van der Waals surface area contributed by atoms with E-state index in [-0.39, 0.29) is 19.0 Å². The highest BCUT2D eigenvalue weighted by atomic mass is 32.3. The zero-order chi connectivity index (χ0) is 41.0. The number of alkyl carbamates (subject to hydrolysis) is 1. The zero-order valence-corrected chi connectivity index (χ0v) is 35.4. The molecule has 2 aliphatic rings. The molecule has 2 atom stereocenters. The summed E-state index contributed by atoms with van der Waals surface area (Å²) >= 11 is 0. The molecular formula is C37H65N7O10S. The molecule has 3 heterocycles. The van der Waals surface area contributed by atoms with Gasteiger partial charge in [0, 0.05) is 24.7 Å². The summed E-state index contributed by atoms with van der Waals surface area (Å²) in [5.74, 6) is 0.0773. The molecule has 2 aliphatic heterocycles. The van der Waals surface area contributed by atoms with Gasteiger partial charge in [-0.15, -0.1) is 9.28 Å². The van der Waals surface area contributed by atoms with E-state index in [4.69, 9.17) is 22.6 Å². The number of nitrogens with zero attached hydrogens (tertiary/aromatic N) is 5. The molecule has 2 N–H and O–H groups in total. The lowest BCUT2D eigenvalue weighted by molar-refractivity contribution is -0.172. The van der Waals surface area contributed by atoms with E-state index in [0.717, 1.165) is 69.3 Å². The summed E-state index contributed by atoms with van der Waals surface area (Å²) in [6.07, 6.45) is 7.80. The van der Waals surface area contributed by atoms with Gasteiger partial charge in [0.1, 0.15) is 16.9 Å². The van der Waals surface area contributed by atoms with Gasteiger partial charge in [-0.3, -0.25) is 5.32 Å². The minimum absolute atomic E-state index is 0.0525. The highest BCUT2D eigenvalue weighted by Crippen LogP contribution is 2.40. The Balaban J connectivity index is 1.74. The molecule has 1 aromatic rings. The lowest BCUT2D eigenvalue weighted by Crippen LogP contribution is -2.51. The number of urea groups is 1. The number of piperidine rings is 1. The van der Waals surface area contributed by atoms with Gasteiger partial charge >= 0.3 is 28.6 Å². The third kappa shape index (κ3) is 14.2. The number of carbonyl (C=O) groups excluding carboxylic acids is 3. The number of ether oxygens (including phenoxy) is 2. The first kappa shape index (κ1) is 45.9. The van der Waals surface area contributed by atoms with Gasteiger partial charge in [0.05, 0.1) is 18.6 Å². The summed E-state index contributed by atoms with van der Waals surface area (Å²) in [5, 5.41) is 12.0. The summed E-state index contributed by atoms with van der Waals surface area (Å²) < 4.78 is 54.7. The Morgan fingerprint density at radius 3 is 2.16 bits per heavy atom. The van der Waals surface area contributed by atoms with Crippen LogP contribution in [0.4, 0.5) is 14.4 Å². The molecule has 18 heteroatoms. The number of hydrogen-bond donors (Lipinski definition) is 2. The topological polar surface area (TPSA) is 194 Å². The molecule has 2 saturated heterocycles. The van der Waals surface area contributed by atoms with Gasteiger partial charge in [0.2, 0.25) is 5.96 Å². The van der Waals surface area contributed by atoms with Crippen LogP contribution in [0.3, 0.4) is 0 Å². The fourth-order valence-electron chi connectivity index (χ4n) is 6.77. The van der Waals surface area contributed by atoms with Crippen molar-refractivity contribution in [3.05, 3.63) is 17.5 Å². The first-order valence-corrected chi connectivity index (χ1v) is 21.1. The highest BCUT2D eigenvalue weighted by molar-refractivity contribution is 7.81. The average molecular weight is 800 g/mol. The van der Waals surface area contributed by atoms with Crippen LogP contribution < -0.4 is 10.6 Å². The molecule has 1 aromatic heterocycles. The summed E-state index contributed by atoms with van der Waals surface area (Å²) in [7, 11) is -4.67. The number of hydroxylamine groups is 4. The van der Waals surface area contributed by atoms with Crippen molar-refractivity contribution in [3.63, 3.8) is 0 Å². The van der Waals surface area contributed by atoms with Crippen LogP contribution in [0.25, 0.3) is 0 Å². The van der Waals surface area contributed by atoms with Gasteiger partial charge in [-0.25, -0.2) is 14.4 Å². The van der Waals surface area contributed by atoms with E-state index < -0.39 is 57.4 Å². The van der Waals surface area contributed by atoms with Gasteiger partial charge in [-0.05, 0) is 80.1 Å². The highest BCUT2D eigenvalue weighted by Gasteiger charge is 2.49. The Hall–Kier alpha value is -3.48. The fraction of sp³-hybridized carbons (Fsp3) is 0.811. The van der Waals surface area contributed by atoms with E-state index >= 15 is 0 Å². The average Bonchev–Trinajstić information content (AvgIpc) is 3.64. The maximum atomic E-state index is 13.7. The van der Waals surface area contributed by atoms with Crippen molar-refractivity contribution in [1.29, 1.82) is 0 Å². The van der Waals surface area contributed by atoms with Crippen molar-refractivity contribution < 1.29 is 45.4 Å². The van der Waals surface area contributed by atoms with Crippen molar-refractivity contribution in [2.45, 2.75) is 182 Å². The van der Waals surface area contributed by atoms with Crippen LogP contribution in [-0.2, 0) is 35.0 Å². The molecule has 17 nitrogen and oxygen atoms in total. The van der Waals surface area contributed by atoms with E-state index in [1.165, 1.54) is 4.90 Å². The Morgan fingerprint density at radius 1 is 0.945 bits per heavy atom. The molecule has 2 bridgehead atoms. The Kier molecular flexibility index (Phi) is 16.8. The first-order chi connectivity index (χ1) is 25.7. The van der Waals surface area contributed by atoms with Crippen LogP contribution in [0.2, 0.25) is 0 Å². The number of nitrogens with one attached hydrogen (secondary N) is 2. The summed E-state index contributed by atoms with van der Waals surface area (Å²) in [6, 6.07) is -0.00812. The normalized spacial score (nSPS) is 18.2. The van der Waals surface area contributed by atoms with Crippen LogP contribution in [0, 0.1) is 0 Å². The molecule has 3 rings (SSSR count). The number of guanidine groups is 1. The van der Waals surface area contributed by atoms with Gasteiger partial charge in [-0.1, -0.05) is 71.4 Å². The Morgan fingerprint density at radius 2 is 1.58 bits per heavy atom. The number of aliphatic imine (C=N–C) groups is 1. The van der Waals surface area contributed by atoms with E-state index in [2.05, 4.69) is 41.6 Å². The van der Waals surface area contributed by atoms with Gasteiger partial charge < -0.3 is 24.2 Å². The number of carbonyl (C=O) groups is 3. The van der Waals surface area contributed by atoms with Crippen molar-refractivity contribution in [2.24, 2.45) is 4.99 Å². The van der Waals surface area contributed by atoms with Gasteiger partial charge in [-0.2, -0.15) is 22.8 Å². The predicted octanol–water partition coefficient (Wildman–Crippen LogP) is 7.65. The van der Waals surface area contributed by atoms with Crippen molar-refractivity contribution in [2.75, 3.05) is 13.1 Å². The van der Waals surface area contributed by atoms with E-state index in [0.29, 0.717) is 30.8 Å². The molecular weight excluding hydrogens is 735 g/mol. The number of rotatable bonds is 19. The largest absolute Gasteiger partial charge is 0.444 e. The molecule has 55 heavy (non-hydrogen) atoms. The lowest BCUT2D eigenvalue weighted by atomic mass is 9.82. The Bertz CT molecular complexity index is 1550. The minimum atomic E-state index is -4.67. The SMILES string of the molecule is CCCCN(OS(=O)(=O)ON1C(=O)N2C[C@@H]1CC[C@H]2c1cc(CN/C(=N\C(=O)OC(C)(C)C)NC(=O)OC(C)(C)C)on1)C(CCC)(CCCC)CCCC. The van der Waals surface area contributed by atoms with Crippen molar-refractivity contribution in [3.8, 4) is 0 Å². The monoisotopic (exact) mass is 799 g/mol. The summed E-state index contributed by atoms with van der Waals surface area (Å²) in [6.45, 7) is 19.1. The second-order valence-electron chi connectivity index (χ2n) is 16.3. The van der Waals surface area contributed by atoms with E-state index in [1.54, 1.807) is 52.7 Å². The second-order valence-corrected chi connectivity index (χ2v) is 17.5. The summed E-state index contributed by atoms with van der Waals surface area (Å²) in [5.41, 5.74) is -1.65. The smallest absolute Gasteiger partial charge is 0.437 e. The van der Waals surface area contributed by atoms with Crippen LogP contribution in [0.1, 0.15) is 164 Å². The van der Waals surface area contributed by atoms with Crippen molar-refractivity contribution >= 4 is 34.6 Å². The molecule has 0 aromatic carbocycles. The maximum absolute atomic E-state index is 13.7. The molecule has 314 valence electrons. The fourth-order valence-corrected chi connectivity index (χ4v) is 7.63. The van der Waals surface area contributed by atoms with Crippen LogP contribution in [-0.4, -0.2) is 88.7 Å². The molecule has 0 unspecified atom stereocenters. The molecule has 4 amide bonds. The van der Waals surface area contributed by atoms with Gasteiger partial charge in [0.15, 0.2) is 5.76 Å². The molecule has 0 radical (unpaired) electrons. The number of fused-ring (bicyclic) bond motifs is 2. The summed E-state index contributed by atoms with van der Waals surface area (Å²) in [4.78, 5) is 44.0. The third-order valence-corrected chi connectivity index (χ3v) is 9.90. The molecule has 0 saturated carbocycles. The zero-order valence-electron chi connectivity index (χ0n) is 34.6. The second kappa shape index (κ2) is 20.1. The Labute approximate surface area is 327 Å². The number of aromatic nitrogens is 1. The van der Waals surface area contributed by atoms with Crippen LogP contribution >= 0.6 is 0 Å². The van der Waals surface area contributed by atoms with Crippen LogP contribution in [0.15, 0.2) is 15.6 Å². The minimum Gasteiger partial charge on any atom is -0.444 e. The van der Waals surface area contributed by atoms with Crippen LogP contribution in [0.5, 0.6) is 0 Å². The standard InChI is InChI=1S/C37H65N7O10S/c1-11-15-21-37(20-14-4,22-16-12-2)43(23-17-13-3)53-55(48,49)54-44-27-18-19-30(42(26-27)34(44)47)29-24-28(52-41-29)25-38-31(39-32(45)50-35(5,6)7)40-33(46)51-36(8,9)10/h24,27,30H,11-23,25-26H2,1-10H3,(H2,38,39,40,45,46)/t27-,30-/m0/s1. The van der Waals surface area contributed by atoms with E-state index in [1.807, 2.05) is 6.92 Å². The molecule has 0 spiro atoms. The number of amides is 4. The van der Waals surface area contributed by atoms with E-state index in [9.17, 15) is 22.8 Å². The quantitative estimate of drug-likeness (QED) is 0.0788. The van der Waals surface area contributed by atoms with Gasteiger partial charge in [0.25, 0.3) is 0 Å². The number of hydrogen-bond acceptors (Lipinski definition) is 12. The number of unbranched alkanes of at least 4 members (excludes halogenated alkanes) is 3. The third-order valence-electron chi connectivity index (χ3n) is 9.19. The maximum Gasteiger partial charge on any atom is 0.437 e. The lowest BCUT2D eigenvalue weighted by Gasteiger charge is -2.43.